The number of ether oxygens (including phenoxy) is 1. The molecule has 1 aromatic carbocycles. The largest absolute Gasteiger partial charge is 0.489 e. The zero-order valence-corrected chi connectivity index (χ0v) is 20.8. The van der Waals surface area contributed by atoms with E-state index in [1.807, 2.05) is 62.5 Å². The molecule has 0 aliphatic heterocycles. The highest BCUT2D eigenvalue weighted by Gasteiger charge is 2.28. The Morgan fingerprint density at radius 2 is 1.97 bits per heavy atom. The second kappa shape index (κ2) is 10.7. The van der Waals surface area contributed by atoms with Crippen molar-refractivity contribution in [2.75, 3.05) is 5.32 Å². The molecule has 0 spiro atoms. The second-order valence-corrected chi connectivity index (χ2v) is 9.28. The average Bonchev–Trinajstić information content (AvgIpc) is 3.29. The monoisotopic (exact) mass is 499 g/mol. The summed E-state index contributed by atoms with van der Waals surface area (Å²) in [7, 11) is 1.84. The third kappa shape index (κ3) is 5.58. The summed E-state index contributed by atoms with van der Waals surface area (Å²) in [5.74, 6) is 0.212. The number of hydrogen-bond donors (Lipinski definition) is 2. The number of benzene rings is 1. The number of nitrogens with one attached hydrogen (secondary N) is 1. The molecule has 1 fully saturated rings. The first-order valence-corrected chi connectivity index (χ1v) is 12.4. The standard InChI is InChI=1S/C27H29N7O3/c1-17-24(37-21-10-6-9-19(13-21)27(35)36)12-11-22(30-17)26-23(34(2)33-32-26)16-28-25-14-20(15-29-31-25)18-7-4-3-5-8-18/h3-5,7-8,11-12,14-15,19,21H,6,9-10,13,16H2,1-2H3,(H,28,31)(H,35,36)/t19-,21-/m0/s1. The third-order valence-electron chi connectivity index (χ3n) is 6.69. The van der Waals surface area contributed by atoms with Crippen molar-refractivity contribution in [1.29, 1.82) is 0 Å². The quantitative estimate of drug-likeness (QED) is 0.365. The smallest absolute Gasteiger partial charge is 0.306 e. The van der Waals surface area contributed by atoms with Crippen molar-refractivity contribution in [2.45, 2.75) is 45.3 Å². The van der Waals surface area contributed by atoms with Gasteiger partial charge in [-0.25, -0.2) is 9.67 Å². The van der Waals surface area contributed by atoms with Crippen molar-refractivity contribution >= 4 is 11.8 Å². The Labute approximate surface area is 214 Å². The highest BCUT2D eigenvalue weighted by atomic mass is 16.5. The van der Waals surface area contributed by atoms with Crippen LogP contribution >= 0.6 is 0 Å². The molecular formula is C27H29N7O3. The van der Waals surface area contributed by atoms with Gasteiger partial charge in [0.25, 0.3) is 0 Å². The minimum absolute atomic E-state index is 0.120. The maximum Gasteiger partial charge on any atom is 0.306 e. The van der Waals surface area contributed by atoms with Crippen molar-refractivity contribution in [2.24, 2.45) is 13.0 Å². The fourth-order valence-electron chi connectivity index (χ4n) is 4.65. The Bertz CT molecular complexity index is 1390. The van der Waals surface area contributed by atoms with Gasteiger partial charge in [0.15, 0.2) is 0 Å². The topological polar surface area (TPSA) is 128 Å². The molecule has 3 aromatic heterocycles. The third-order valence-corrected chi connectivity index (χ3v) is 6.69. The maximum absolute atomic E-state index is 11.4. The van der Waals surface area contributed by atoms with Crippen molar-refractivity contribution < 1.29 is 14.6 Å². The van der Waals surface area contributed by atoms with E-state index in [-0.39, 0.29) is 12.0 Å². The number of carbonyl (C=O) groups is 1. The number of aliphatic carboxylic acids is 1. The molecule has 0 saturated heterocycles. The van der Waals surface area contributed by atoms with E-state index in [0.29, 0.717) is 42.3 Å². The van der Waals surface area contributed by atoms with Gasteiger partial charge in [-0.1, -0.05) is 35.5 Å². The van der Waals surface area contributed by atoms with Crippen LogP contribution < -0.4 is 10.1 Å². The van der Waals surface area contributed by atoms with Gasteiger partial charge < -0.3 is 15.2 Å². The van der Waals surface area contributed by atoms with E-state index < -0.39 is 5.97 Å². The number of nitrogens with zero attached hydrogens (tertiary/aromatic N) is 6. The molecule has 5 rings (SSSR count). The molecule has 37 heavy (non-hydrogen) atoms. The van der Waals surface area contributed by atoms with E-state index in [9.17, 15) is 9.90 Å². The molecule has 0 bridgehead atoms. The number of carboxylic acid groups (broad SMARTS) is 1. The van der Waals surface area contributed by atoms with Crippen LogP contribution in [0.1, 0.15) is 37.1 Å². The highest BCUT2D eigenvalue weighted by Crippen LogP contribution is 2.30. The van der Waals surface area contributed by atoms with E-state index in [1.165, 1.54) is 0 Å². The number of pyridine rings is 1. The molecular weight excluding hydrogens is 470 g/mol. The second-order valence-electron chi connectivity index (χ2n) is 9.28. The van der Waals surface area contributed by atoms with Crippen LogP contribution in [0.25, 0.3) is 22.5 Å². The normalized spacial score (nSPS) is 17.4. The van der Waals surface area contributed by atoms with Crippen LogP contribution in [0.3, 0.4) is 0 Å². The molecule has 1 aliphatic rings. The molecule has 3 heterocycles. The lowest BCUT2D eigenvalue weighted by Crippen LogP contribution is -2.29. The van der Waals surface area contributed by atoms with Crippen LogP contribution in [0.15, 0.2) is 54.7 Å². The summed E-state index contributed by atoms with van der Waals surface area (Å²) in [4.78, 5) is 16.1. The van der Waals surface area contributed by atoms with E-state index >= 15 is 0 Å². The number of anilines is 1. The summed E-state index contributed by atoms with van der Waals surface area (Å²) in [6.45, 7) is 2.32. The molecule has 4 aromatic rings. The van der Waals surface area contributed by atoms with E-state index in [2.05, 4.69) is 25.8 Å². The summed E-state index contributed by atoms with van der Waals surface area (Å²) in [6.07, 6.45) is 4.54. The van der Waals surface area contributed by atoms with E-state index in [0.717, 1.165) is 35.4 Å². The van der Waals surface area contributed by atoms with Gasteiger partial charge in [0.05, 0.1) is 41.8 Å². The number of aromatic nitrogens is 6. The lowest BCUT2D eigenvalue weighted by molar-refractivity contribution is -0.143. The van der Waals surface area contributed by atoms with Gasteiger partial charge in [0.1, 0.15) is 17.3 Å². The minimum Gasteiger partial charge on any atom is -0.489 e. The summed E-state index contributed by atoms with van der Waals surface area (Å²) >= 11 is 0. The zero-order chi connectivity index (χ0) is 25.8. The Kier molecular flexibility index (Phi) is 7.07. The van der Waals surface area contributed by atoms with E-state index in [1.54, 1.807) is 10.9 Å². The molecule has 2 atom stereocenters. The first-order valence-electron chi connectivity index (χ1n) is 12.4. The van der Waals surface area contributed by atoms with Gasteiger partial charge in [0, 0.05) is 12.6 Å². The molecule has 190 valence electrons. The number of aryl methyl sites for hydroxylation is 2. The first-order chi connectivity index (χ1) is 18.0. The van der Waals surface area contributed by atoms with Crippen LogP contribution in [0, 0.1) is 12.8 Å². The number of hydrogen-bond acceptors (Lipinski definition) is 8. The number of rotatable bonds is 8. The Morgan fingerprint density at radius 3 is 2.76 bits per heavy atom. The summed E-state index contributed by atoms with van der Waals surface area (Å²) in [6, 6.07) is 15.7. The van der Waals surface area contributed by atoms with Crippen LogP contribution in [0.5, 0.6) is 5.75 Å². The van der Waals surface area contributed by atoms with Gasteiger partial charge in [0.2, 0.25) is 0 Å². The fourth-order valence-corrected chi connectivity index (χ4v) is 4.65. The molecule has 0 radical (unpaired) electrons. The Balaban J connectivity index is 1.30. The predicted octanol–water partition coefficient (Wildman–Crippen LogP) is 4.28. The van der Waals surface area contributed by atoms with Gasteiger partial charge in [-0.2, -0.15) is 5.10 Å². The maximum atomic E-state index is 11.4. The number of carboxylic acids is 1. The van der Waals surface area contributed by atoms with Crippen molar-refractivity contribution in [3.63, 3.8) is 0 Å². The molecule has 0 amide bonds. The SMILES string of the molecule is Cc1nc(-c2nnn(C)c2CNc2cc(-c3ccccc3)cnn2)ccc1O[C@H]1CCC[C@H](C(=O)O)C1. The summed E-state index contributed by atoms with van der Waals surface area (Å²) in [5, 5.41) is 29.6. The molecule has 0 unspecified atom stereocenters. The lowest BCUT2D eigenvalue weighted by atomic mass is 9.87. The molecule has 2 N–H and O–H groups in total. The van der Waals surface area contributed by atoms with Gasteiger partial charge in [-0.3, -0.25) is 4.79 Å². The van der Waals surface area contributed by atoms with Crippen LogP contribution in [-0.4, -0.2) is 47.4 Å². The van der Waals surface area contributed by atoms with Gasteiger partial charge >= 0.3 is 5.97 Å². The summed E-state index contributed by atoms with van der Waals surface area (Å²) in [5.41, 5.74) is 4.97. The minimum atomic E-state index is -0.750. The Hall–Kier alpha value is -4.34. The molecule has 1 aliphatic carbocycles. The first kappa shape index (κ1) is 24.4. The summed E-state index contributed by atoms with van der Waals surface area (Å²) < 4.78 is 7.87. The zero-order valence-electron chi connectivity index (χ0n) is 20.8. The fraction of sp³-hybridized carbons (Fsp3) is 0.333. The van der Waals surface area contributed by atoms with Gasteiger partial charge in [-0.05, 0) is 56.4 Å². The van der Waals surface area contributed by atoms with Crippen molar-refractivity contribution in [3.05, 3.63) is 66.1 Å². The molecule has 1 saturated carbocycles. The van der Waals surface area contributed by atoms with Crippen molar-refractivity contribution in [1.82, 2.24) is 30.2 Å². The van der Waals surface area contributed by atoms with Crippen molar-refractivity contribution in [3.8, 4) is 28.3 Å². The van der Waals surface area contributed by atoms with Crippen LogP contribution in [0.2, 0.25) is 0 Å². The average molecular weight is 500 g/mol. The van der Waals surface area contributed by atoms with Gasteiger partial charge in [-0.15, -0.1) is 10.2 Å². The molecule has 10 nitrogen and oxygen atoms in total. The van der Waals surface area contributed by atoms with Crippen LogP contribution in [-0.2, 0) is 18.4 Å². The highest BCUT2D eigenvalue weighted by molar-refractivity contribution is 5.70. The Morgan fingerprint density at radius 1 is 1.14 bits per heavy atom. The molecule has 10 heteroatoms. The van der Waals surface area contributed by atoms with Crippen LogP contribution in [0.4, 0.5) is 5.82 Å². The predicted molar refractivity (Wildman–Crippen MR) is 138 cm³/mol. The van der Waals surface area contributed by atoms with E-state index in [4.69, 9.17) is 9.72 Å². The lowest BCUT2D eigenvalue weighted by Gasteiger charge is -2.27.